The summed E-state index contributed by atoms with van der Waals surface area (Å²) in [5.41, 5.74) is 0.0409. The van der Waals surface area contributed by atoms with E-state index in [1.165, 1.54) is 24.3 Å². The van der Waals surface area contributed by atoms with Gasteiger partial charge in [-0.2, -0.15) is 13.2 Å². The van der Waals surface area contributed by atoms with Crippen molar-refractivity contribution in [1.29, 1.82) is 0 Å². The molecule has 0 radical (unpaired) electrons. The summed E-state index contributed by atoms with van der Waals surface area (Å²) in [7, 11) is -3.72. The maximum absolute atomic E-state index is 12.3. The molecule has 23 heavy (non-hydrogen) atoms. The lowest BCUT2D eigenvalue weighted by molar-refractivity contribution is -0.127. The lowest BCUT2D eigenvalue weighted by Gasteiger charge is -2.30. The van der Waals surface area contributed by atoms with Gasteiger partial charge in [0.2, 0.25) is 10.0 Å². The number of hydrogen-bond donors (Lipinski definition) is 2. The molecule has 0 amide bonds. The zero-order chi connectivity index (χ0) is 16.4. The van der Waals surface area contributed by atoms with Crippen LogP contribution in [0.1, 0.15) is 18.9 Å². The summed E-state index contributed by atoms with van der Waals surface area (Å²) >= 11 is 0. The Balaban J connectivity index is 0.00000264. The van der Waals surface area contributed by atoms with E-state index in [1.54, 1.807) is 0 Å². The molecule has 0 aliphatic carbocycles. The molecule has 1 aromatic carbocycles. The average Bonchev–Trinajstić information content (AvgIpc) is 2.40. The number of piperidine rings is 1. The predicted octanol–water partition coefficient (Wildman–Crippen LogP) is 2.49. The fraction of sp³-hybridized carbons (Fsp3) is 0.571. The van der Waals surface area contributed by atoms with Gasteiger partial charge in [-0.05, 0) is 36.6 Å². The van der Waals surface area contributed by atoms with Gasteiger partial charge < -0.3 is 5.32 Å². The van der Waals surface area contributed by atoms with Crippen LogP contribution >= 0.6 is 12.4 Å². The van der Waals surface area contributed by atoms with Gasteiger partial charge in [-0.25, -0.2) is 13.1 Å². The minimum absolute atomic E-state index is 0. The smallest absolute Gasteiger partial charge is 0.315 e. The molecule has 0 aromatic heterocycles. The van der Waals surface area contributed by atoms with E-state index in [9.17, 15) is 21.6 Å². The first-order valence-corrected chi connectivity index (χ1v) is 8.54. The molecule has 2 rings (SSSR count). The Morgan fingerprint density at radius 3 is 2.39 bits per heavy atom. The summed E-state index contributed by atoms with van der Waals surface area (Å²) in [6, 6.07) is 4.61. The molecule has 2 unspecified atom stereocenters. The summed E-state index contributed by atoms with van der Waals surface area (Å²) in [5.74, 6) is 0.209. The van der Waals surface area contributed by atoms with Crippen molar-refractivity contribution in [3.63, 3.8) is 0 Å². The Hall–Kier alpha value is -0.830. The highest BCUT2D eigenvalue weighted by molar-refractivity contribution is 7.89. The van der Waals surface area contributed by atoms with Gasteiger partial charge in [0.25, 0.3) is 0 Å². The second-order valence-electron chi connectivity index (χ2n) is 5.63. The van der Waals surface area contributed by atoms with Crippen molar-refractivity contribution in [2.24, 2.45) is 5.92 Å². The number of benzene rings is 1. The van der Waals surface area contributed by atoms with Crippen LogP contribution in [0.5, 0.6) is 0 Å². The maximum Gasteiger partial charge on any atom is 0.393 e. The Bertz CT molecular complexity index is 605. The molecule has 132 valence electrons. The molecule has 9 heteroatoms. The second kappa shape index (κ2) is 7.83. The van der Waals surface area contributed by atoms with E-state index < -0.39 is 22.6 Å². The van der Waals surface area contributed by atoms with E-state index in [4.69, 9.17) is 0 Å². The minimum Gasteiger partial charge on any atom is -0.315 e. The molecule has 1 saturated heterocycles. The van der Waals surface area contributed by atoms with Gasteiger partial charge in [-0.1, -0.05) is 19.1 Å². The van der Waals surface area contributed by atoms with Crippen LogP contribution < -0.4 is 10.0 Å². The third kappa shape index (κ3) is 5.95. The Kier molecular flexibility index (Phi) is 6.88. The first-order valence-electron chi connectivity index (χ1n) is 7.06. The van der Waals surface area contributed by atoms with Crippen LogP contribution in [0.15, 0.2) is 29.2 Å². The minimum atomic E-state index is -4.30. The molecule has 4 nitrogen and oxygen atoms in total. The summed E-state index contributed by atoms with van der Waals surface area (Å²) in [4.78, 5) is -0.0174. The number of nitrogens with one attached hydrogen (secondary N) is 2. The van der Waals surface area contributed by atoms with Crippen molar-refractivity contribution < 1.29 is 21.6 Å². The van der Waals surface area contributed by atoms with E-state index >= 15 is 0 Å². The quantitative estimate of drug-likeness (QED) is 0.853. The highest BCUT2D eigenvalue weighted by Gasteiger charge is 2.29. The first kappa shape index (κ1) is 20.2. The molecule has 2 atom stereocenters. The highest BCUT2D eigenvalue weighted by Crippen LogP contribution is 2.22. The second-order valence-corrected chi connectivity index (χ2v) is 7.35. The topological polar surface area (TPSA) is 58.2 Å². The van der Waals surface area contributed by atoms with Gasteiger partial charge in [0.05, 0.1) is 11.3 Å². The van der Waals surface area contributed by atoms with Crippen LogP contribution in [0.2, 0.25) is 0 Å². The summed E-state index contributed by atoms with van der Waals surface area (Å²) in [6.07, 6.45) is -4.50. The Labute approximate surface area is 140 Å². The number of sulfonamides is 1. The lowest BCUT2D eigenvalue weighted by atomic mass is 9.96. The molecule has 1 aliphatic rings. The standard InChI is InChI=1S/C14H19F3N2O2S.ClH/c1-10-6-7-18-9-13(10)19-22(20,21)12-4-2-11(3-5-12)8-14(15,16)17;/h2-5,10,13,18-19H,6-9H2,1H3;1H. The van der Waals surface area contributed by atoms with E-state index in [0.29, 0.717) is 6.54 Å². The van der Waals surface area contributed by atoms with E-state index in [-0.39, 0.29) is 34.8 Å². The molecule has 2 N–H and O–H groups in total. The fourth-order valence-electron chi connectivity index (χ4n) is 2.43. The normalized spacial score (nSPS) is 22.4. The first-order chi connectivity index (χ1) is 10.2. The van der Waals surface area contributed by atoms with E-state index in [2.05, 4.69) is 10.0 Å². The number of rotatable bonds is 4. The molecule has 0 saturated carbocycles. The van der Waals surface area contributed by atoms with Gasteiger partial charge in [0.1, 0.15) is 0 Å². The number of hydrogen-bond acceptors (Lipinski definition) is 3. The largest absolute Gasteiger partial charge is 0.393 e. The average molecular weight is 373 g/mol. The van der Waals surface area contributed by atoms with Crippen molar-refractivity contribution >= 4 is 22.4 Å². The zero-order valence-electron chi connectivity index (χ0n) is 12.6. The third-order valence-electron chi connectivity index (χ3n) is 3.77. The SMILES string of the molecule is CC1CCNCC1NS(=O)(=O)c1ccc(CC(F)(F)F)cc1.Cl. The van der Waals surface area contributed by atoms with E-state index in [0.717, 1.165) is 13.0 Å². The Morgan fingerprint density at radius 2 is 1.87 bits per heavy atom. The van der Waals surface area contributed by atoms with Crippen LogP contribution in [0.4, 0.5) is 13.2 Å². The van der Waals surface area contributed by atoms with Crippen LogP contribution in [-0.4, -0.2) is 33.7 Å². The van der Waals surface area contributed by atoms with Crippen molar-refractivity contribution in [2.75, 3.05) is 13.1 Å². The summed E-state index contributed by atoms with van der Waals surface area (Å²) in [5, 5.41) is 3.12. The predicted molar refractivity (Wildman–Crippen MR) is 84.2 cm³/mol. The van der Waals surface area contributed by atoms with Crippen molar-refractivity contribution in [3.05, 3.63) is 29.8 Å². The molecular weight excluding hydrogens is 353 g/mol. The van der Waals surface area contributed by atoms with Crippen LogP contribution in [-0.2, 0) is 16.4 Å². The number of halogens is 4. The van der Waals surface area contributed by atoms with Crippen molar-refractivity contribution in [3.8, 4) is 0 Å². The third-order valence-corrected chi connectivity index (χ3v) is 5.28. The van der Waals surface area contributed by atoms with Crippen molar-refractivity contribution in [2.45, 2.75) is 36.9 Å². The van der Waals surface area contributed by atoms with Gasteiger partial charge >= 0.3 is 6.18 Å². The molecule has 0 bridgehead atoms. The van der Waals surface area contributed by atoms with Gasteiger partial charge in [0.15, 0.2) is 0 Å². The van der Waals surface area contributed by atoms with Gasteiger partial charge in [0, 0.05) is 12.6 Å². The molecule has 1 aromatic rings. The Morgan fingerprint density at radius 1 is 1.26 bits per heavy atom. The summed E-state index contributed by atoms with van der Waals surface area (Å²) in [6.45, 7) is 3.37. The van der Waals surface area contributed by atoms with Crippen LogP contribution in [0.25, 0.3) is 0 Å². The van der Waals surface area contributed by atoms with Crippen molar-refractivity contribution in [1.82, 2.24) is 10.0 Å². The van der Waals surface area contributed by atoms with Gasteiger partial charge in [-0.3, -0.25) is 0 Å². The number of alkyl halides is 3. The molecule has 1 fully saturated rings. The highest BCUT2D eigenvalue weighted by atomic mass is 35.5. The summed E-state index contributed by atoms with van der Waals surface area (Å²) < 4.78 is 64.1. The monoisotopic (exact) mass is 372 g/mol. The molecular formula is C14H20ClF3N2O2S. The zero-order valence-corrected chi connectivity index (χ0v) is 14.2. The lowest BCUT2D eigenvalue weighted by Crippen LogP contribution is -2.50. The molecule has 1 heterocycles. The molecule has 1 aliphatic heterocycles. The maximum atomic E-state index is 12.3. The molecule has 0 spiro atoms. The van der Waals surface area contributed by atoms with Crippen LogP contribution in [0.3, 0.4) is 0 Å². The fourth-order valence-corrected chi connectivity index (χ4v) is 3.78. The van der Waals surface area contributed by atoms with Crippen LogP contribution in [0, 0.1) is 5.92 Å². The van der Waals surface area contributed by atoms with E-state index in [1.807, 2.05) is 6.92 Å². The van der Waals surface area contributed by atoms with Gasteiger partial charge in [-0.15, -0.1) is 12.4 Å².